The third kappa shape index (κ3) is 2.12. The molecule has 0 aliphatic carbocycles. The summed E-state index contributed by atoms with van der Waals surface area (Å²) < 4.78 is 4.62. The average molecular weight is 236 g/mol. The van der Waals surface area contributed by atoms with Crippen LogP contribution in [0.15, 0.2) is 18.5 Å². The molecule has 1 saturated heterocycles. The van der Waals surface area contributed by atoms with E-state index in [9.17, 15) is 14.7 Å². The molecule has 0 bridgehead atoms. The summed E-state index contributed by atoms with van der Waals surface area (Å²) in [7, 11) is 1.26. The van der Waals surface area contributed by atoms with Crippen LogP contribution < -0.4 is 4.90 Å². The Balaban J connectivity index is 2.38. The number of aliphatic hydroxyl groups is 1. The summed E-state index contributed by atoms with van der Waals surface area (Å²) in [5.41, 5.74) is 0.644. The maximum absolute atomic E-state index is 11.6. The van der Waals surface area contributed by atoms with Crippen LogP contribution in [0.4, 0.5) is 5.69 Å². The maximum atomic E-state index is 11.6. The lowest BCUT2D eigenvalue weighted by atomic mass is 10.2. The Kier molecular flexibility index (Phi) is 3.06. The minimum atomic E-state index is -0.693. The van der Waals surface area contributed by atoms with Gasteiger partial charge in [0.05, 0.1) is 31.9 Å². The Morgan fingerprint density at radius 3 is 3.00 bits per heavy atom. The van der Waals surface area contributed by atoms with Gasteiger partial charge in [0.2, 0.25) is 5.91 Å². The summed E-state index contributed by atoms with van der Waals surface area (Å²) in [5.74, 6) is -0.767. The lowest BCUT2D eigenvalue weighted by molar-refractivity contribution is -0.117. The lowest BCUT2D eigenvalue weighted by Crippen LogP contribution is -2.27. The predicted octanol–water partition coefficient (Wildman–Crippen LogP) is -0.0342. The molecule has 6 nitrogen and oxygen atoms in total. The van der Waals surface area contributed by atoms with Gasteiger partial charge in [-0.1, -0.05) is 0 Å². The summed E-state index contributed by atoms with van der Waals surface area (Å²) in [6, 6.07) is 1.56. The zero-order valence-electron chi connectivity index (χ0n) is 9.29. The fraction of sp³-hybridized carbons (Fsp3) is 0.364. The van der Waals surface area contributed by atoms with Gasteiger partial charge in [-0.15, -0.1) is 0 Å². The van der Waals surface area contributed by atoms with Gasteiger partial charge in [-0.05, 0) is 6.07 Å². The monoisotopic (exact) mass is 236 g/mol. The van der Waals surface area contributed by atoms with Gasteiger partial charge in [-0.2, -0.15) is 0 Å². The summed E-state index contributed by atoms with van der Waals surface area (Å²) in [6.07, 6.45) is 2.21. The van der Waals surface area contributed by atoms with E-state index in [0.29, 0.717) is 5.69 Å². The van der Waals surface area contributed by atoms with E-state index in [1.54, 1.807) is 6.07 Å². The Morgan fingerprint density at radius 1 is 1.65 bits per heavy atom. The number of nitrogens with zero attached hydrogens (tertiary/aromatic N) is 2. The van der Waals surface area contributed by atoms with Crippen molar-refractivity contribution >= 4 is 17.6 Å². The third-order valence-corrected chi connectivity index (χ3v) is 2.60. The van der Waals surface area contributed by atoms with Crippen LogP contribution >= 0.6 is 0 Å². The minimum absolute atomic E-state index is 0.0724. The summed E-state index contributed by atoms with van der Waals surface area (Å²) in [4.78, 5) is 28.4. The maximum Gasteiger partial charge on any atom is 0.341 e. The first-order valence-corrected chi connectivity index (χ1v) is 5.14. The van der Waals surface area contributed by atoms with E-state index in [2.05, 4.69) is 9.72 Å². The van der Waals surface area contributed by atoms with Gasteiger partial charge in [0.1, 0.15) is 5.56 Å². The number of amides is 1. The third-order valence-electron chi connectivity index (χ3n) is 2.60. The molecule has 1 aliphatic heterocycles. The van der Waals surface area contributed by atoms with E-state index >= 15 is 0 Å². The molecule has 2 rings (SSSR count). The Bertz CT molecular complexity index is 461. The smallest absolute Gasteiger partial charge is 0.341 e. The van der Waals surface area contributed by atoms with E-state index in [0.717, 1.165) is 0 Å². The fourth-order valence-corrected chi connectivity index (χ4v) is 1.81. The van der Waals surface area contributed by atoms with Crippen LogP contribution in [0.2, 0.25) is 0 Å². The van der Waals surface area contributed by atoms with Crippen LogP contribution in [0.3, 0.4) is 0 Å². The normalized spacial score (nSPS) is 19.5. The molecule has 0 radical (unpaired) electrons. The number of carbonyl (C=O) groups excluding carboxylic acids is 2. The van der Waals surface area contributed by atoms with Crippen molar-refractivity contribution in [2.24, 2.45) is 0 Å². The lowest BCUT2D eigenvalue weighted by Gasteiger charge is -2.18. The van der Waals surface area contributed by atoms with Crippen molar-refractivity contribution in [2.45, 2.75) is 12.5 Å². The molecule has 1 aromatic rings. The van der Waals surface area contributed by atoms with Crippen molar-refractivity contribution in [2.75, 3.05) is 18.6 Å². The zero-order chi connectivity index (χ0) is 12.4. The number of rotatable bonds is 2. The number of hydrogen-bond donors (Lipinski definition) is 1. The molecule has 0 spiro atoms. The van der Waals surface area contributed by atoms with Gasteiger partial charge in [-0.3, -0.25) is 9.78 Å². The summed E-state index contributed by atoms with van der Waals surface area (Å²) >= 11 is 0. The predicted molar refractivity (Wildman–Crippen MR) is 58.6 cm³/mol. The van der Waals surface area contributed by atoms with Crippen LogP contribution in [0.25, 0.3) is 0 Å². The molecular weight excluding hydrogens is 224 g/mol. The van der Waals surface area contributed by atoms with E-state index in [1.807, 2.05) is 0 Å². The van der Waals surface area contributed by atoms with Crippen molar-refractivity contribution in [1.29, 1.82) is 0 Å². The average Bonchev–Trinajstić information content (AvgIpc) is 2.67. The van der Waals surface area contributed by atoms with E-state index in [1.165, 1.54) is 24.4 Å². The highest BCUT2D eigenvalue weighted by molar-refractivity contribution is 6.03. The molecule has 2 heterocycles. The van der Waals surface area contributed by atoms with Gasteiger partial charge in [0.25, 0.3) is 0 Å². The standard InChI is InChI=1S/C11H12N2O4/c1-17-11(16)8-5-12-3-2-9(8)13-6-7(14)4-10(13)15/h2-3,5,7,14H,4,6H2,1H3. The molecule has 1 fully saturated rings. The molecule has 1 aliphatic rings. The first-order valence-electron chi connectivity index (χ1n) is 5.14. The first-order chi connectivity index (χ1) is 8.13. The quantitative estimate of drug-likeness (QED) is 0.729. The molecular formula is C11H12N2O4. The number of β-amino-alcohol motifs (C(OH)–C–C–N with tert-alkyl or cyclic N) is 1. The summed E-state index contributed by atoms with van der Waals surface area (Å²) in [5, 5.41) is 9.42. The SMILES string of the molecule is COC(=O)c1cnccc1N1CC(O)CC1=O. The van der Waals surface area contributed by atoms with Crippen LogP contribution in [-0.4, -0.2) is 41.7 Å². The van der Waals surface area contributed by atoms with Gasteiger partial charge < -0.3 is 14.7 Å². The van der Waals surface area contributed by atoms with Crippen LogP contribution in [0, 0.1) is 0 Å². The Hall–Kier alpha value is -1.95. The van der Waals surface area contributed by atoms with Crippen molar-refractivity contribution in [3.8, 4) is 0 Å². The number of esters is 1. The number of ether oxygens (including phenoxy) is 1. The first kappa shape index (κ1) is 11.5. The Morgan fingerprint density at radius 2 is 2.41 bits per heavy atom. The second-order valence-electron chi connectivity index (χ2n) is 3.75. The van der Waals surface area contributed by atoms with E-state index in [-0.39, 0.29) is 24.4 Å². The second kappa shape index (κ2) is 4.50. The van der Waals surface area contributed by atoms with Gasteiger partial charge in [0.15, 0.2) is 0 Å². The van der Waals surface area contributed by atoms with E-state index in [4.69, 9.17) is 0 Å². The van der Waals surface area contributed by atoms with Crippen LogP contribution in [-0.2, 0) is 9.53 Å². The minimum Gasteiger partial charge on any atom is -0.465 e. The number of hydrogen-bond acceptors (Lipinski definition) is 5. The molecule has 17 heavy (non-hydrogen) atoms. The molecule has 1 unspecified atom stereocenters. The number of pyridine rings is 1. The van der Waals surface area contributed by atoms with Gasteiger partial charge in [0, 0.05) is 12.4 Å². The van der Waals surface area contributed by atoms with Crippen molar-refractivity contribution in [3.63, 3.8) is 0 Å². The van der Waals surface area contributed by atoms with Crippen molar-refractivity contribution < 1.29 is 19.4 Å². The van der Waals surface area contributed by atoms with Crippen molar-refractivity contribution in [3.05, 3.63) is 24.0 Å². The number of aromatic nitrogens is 1. The highest BCUT2D eigenvalue weighted by Gasteiger charge is 2.31. The molecule has 1 atom stereocenters. The fourth-order valence-electron chi connectivity index (χ4n) is 1.81. The highest BCUT2D eigenvalue weighted by atomic mass is 16.5. The topological polar surface area (TPSA) is 79.7 Å². The molecule has 6 heteroatoms. The molecule has 1 amide bonds. The summed E-state index contributed by atoms with van der Waals surface area (Å²) in [6.45, 7) is 0.187. The highest BCUT2D eigenvalue weighted by Crippen LogP contribution is 2.25. The molecule has 0 aromatic carbocycles. The van der Waals surface area contributed by atoms with Gasteiger partial charge >= 0.3 is 5.97 Å². The van der Waals surface area contributed by atoms with Crippen LogP contribution in [0.1, 0.15) is 16.8 Å². The zero-order valence-corrected chi connectivity index (χ0v) is 9.29. The molecule has 90 valence electrons. The van der Waals surface area contributed by atoms with E-state index < -0.39 is 12.1 Å². The van der Waals surface area contributed by atoms with Crippen molar-refractivity contribution in [1.82, 2.24) is 4.98 Å². The number of methoxy groups -OCH3 is 1. The number of aliphatic hydroxyl groups excluding tert-OH is 1. The van der Waals surface area contributed by atoms with Crippen LogP contribution in [0.5, 0.6) is 0 Å². The molecule has 0 saturated carbocycles. The molecule has 1 N–H and O–H groups in total. The van der Waals surface area contributed by atoms with Gasteiger partial charge in [-0.25, -0.2) is 4.79 Å². The number of anilines is 1. The number of carbonyl (C=O) groups is 2. The second-order valence-corrected chi connectivity index (χ2v) is 3.75. The Labute approximate surface area is 97.8 Å². The molecule has 1 aromatic heterocycles. The largest absolute Gasteiger partial charge is 0.465 e.